The molecule has 1 amide bonds. The summed E-state index contributed by atoms with van der Waals surface area (Å²) in [5.74, 6) is -0.334. The Morgan fingerprint density at radius 2 is 1.96 bits per heavy atom. The number of aryl methyl sites for hydroxylation is 1. The lowest BCUT2D eigenvalue weighted by Crippen LogP contribution is -2.35. The molecule has 1 fully saturated rings. The molecule has 1 saturated heterocycles. The first kappa shape index (κ1) is 18.7. The predicted molar refractivity (Wildman–Crippen MR) is 104 cm³/mol. The van der Waals surface area contributed by atoms with Crippen LogP contribution >= 0.6 is 0 Å². The SMILES string of the molecule is Cn1cc(S(=O)(=O)N2CCCCC2)cc1C(=O)NCc1cn2ccccc2n1. The van der Waals surface area contributed by atoms with Gasteiger partial charge >= 0.3 is 0 Å². The van der Waals surface area contributed by atoms with Gasteiger partial charge in [0.05, 0.1) is 12.2 Å². The summed E-state index contributed by atoms with van der Waals surface area (Å²) in [6.45, 7) is 1.33. The highest BCUT2D eigenvalue weighted by Gasteiger charge is 2.28. The summed E-state index contributed by atoms with van der Waals surface area (Å²) < 4.78 is 30.6. The van der Waals surface area contributed by atoms with Crippen molar-refractivity contribution < 1.29 is 13.2 Å². The fourth-order valence-electron chi connectivity index (χ4n) is 3.49. The Morgan fingerprint density at radius 1 is 1.18 bits per heavy atom. The van der Waals surface area contributed by atoms with Gasteiger partial charge in [0, 0.05) is 38.7 Å². The quantitative estimate of drug-likeness (QED) is 0.706. The van der Waals surface area contributed by atoms with E-state index in [0.29, 0.717) is 18.8 Å². The van der Waals surface area contributed by atoms with Gasteiger partial charge in [0.15, 0.2) is 0 Å². The van der Waals surface area contributed by atoms with Crippen molar-refractivity contribution in [1.82, 2.24) is 23.6 Å². The number of fused-ring (bicyclic) bond motifs is 1. The number of pyridine rings is 1. The molecule has 1 aliphatic rings. The van der Waals surface area contributed by atoms with Crippen LogP contribution in [0.4, 0.5) is 0 Å². The lowest BCUT2D eigenvalue weighted by atomic mass is 10.2. The molecule has 0 saturated carbocycles. The van der Waals surface area contributed by atoms with Crippen molar-refractivity contribution in [3.63, 3.8) is 0 Å². The maximum absolute atomic E-state index is 12.8. The van der Waals surface area contributed by atoms with Crippen molar-refractivity contribution in [2.75, 3.05) is 13.1 Å². The number of hydrogen-bond donors (Lipinski definition) is 1. The smallest absolute Gasteiger partial charge is 0.268 e. The number of nitrogens with one attached hydrogen (secondary N) is 1. The van der Waals surface area contributed by atoms with E-state index >= 15 is 0 Å². The summed E-state index contributed by atoms with van der Waals surface area (Å²) in [6, 6.07) is 7.15. The number of imidazole rings is 1. The molecule has 1 aliphatic heterocycles. The van der Waals surface area contributed by atoms with Crippen LogP contribution in [0.3, 0.4) is 0 Å². The molecule has 3 aromatic heterocycles. The zero-order chi connectivity index (χ0) is 19.7. The van der Waals surface area contributed by atoms with Crippen LogP contribution in [-0.2, 0) is 23.6 Å². The number of sulfonamides is 1. The minimum Gasteiger partial charge on any atom is -0.345 e. The van der Waals surface area contributed by atoms with Gasteiger partial charge in [-0.2, -0.15) is 4.31 Å². The van der Waals surface area contributed by atoms with E-state index in [1.54, 1.807) is 11.6 Å². The Morgan fingerprint density at radius 3 is 2.71 bits per heavy atom. The average molecular weight is 401 g/mol. The van der Waals surface area contributed by atoms with Gasteiger partial charge in [-0.05, 0) is 31.0 Å². The molecule has 148 valence electrons. The first-order valence-electron chi connectivity index (χ1n) is 9.32. The lowest BCUT2D eigenvalue weighted by Gasteiger charge is -2.25. The molecule has 9 heteroatoms. The molecule has 8 nitrogen and oxygen atoms in total. The normalized spacial score (nSPS) is 15.8. The van der Waals surface area contributed by atoms with Gasteiger partial charge in [0.25, 0.3) is 5.91 Å². The lowest BCUT2D eigenvalue weighted by molar-refractivity contribution is 0.0942. The van der Waals surface area contributed by atoms with Crippen molar-refractivity contribution >= 4 is 21.6 Å². The third kappa shape index (κ3) is 3.55. The monoisotopic (exact) mass is 401 g/mol. The van der Waals surface area contributed by atoms with Crippen LogP contribution in [0.1, 0.15) is 35.4 Å². The molecule has 4 rings (SSSR count). The molecule has 0 atom stereocenters. The minimum atomic E-state index is -3.56. The van der Waals surface area contributed by atoms with Gasteiger partial charge < -0.3 is 14.3 Å². The largest absolute Gasteiger partial charge is 0.345 e. The average Bonchev–Trinajstić information content (AvgIpc) is 3.30. The highest BCUT2D eigenvalue weighted by atomic mass is 32.2. The summed E-state index contributed by atoms with van der Waals surface area (Å²) in [5.41, 5.74) is 1.84. The van der Waals surface area contributed by atoms with Crippen molar-refractivity contribution in [3.8, 4) is 0 Å². The predicted octanol–water partition coefficient (Wildman–Crippen LogP) is 1.78. The number of piperidine rings is 1. The molecule has 0 aromatic carbocycles. The van der Waals surface area contributed by atoms with E-state index in [-0.39, 0.29) is 17.3 Å². The minimum absolute atomic E-state index is 0.162. The standard InChI is InChI=1S/C19H23N5O3S/c1-22-14-16(28(26,27)24-9-4-2-5-10-24)11-17(22)19(25)20-12-15-13-23-8-6-3-7-18(23)21-15/h3,6-8,11,13-14H,2,4-5,9-10,12H2,1H3,(H,20,25). The van der Waals surface area contributed by atoms with Crippen LogP contribution in [0.25, 0.3) is 5.65 Å². The molecule has 0 spiro atoms. The van der Waals surface area contributed by atoms with Gasteiger partial charge in [0.2, 0.25) is 10.0 Å². The maximum Gasteiger partial charge on any atom is 0.268 e. The summed E-state index contributed by atoms with van der Waals surface area (Å²) >= 11 is 0. The van der Waals surface area contributed by atoms with Gasteiger partial charge in [-0.1, -0.05) is 12.5 Å². The van der Waals surface area contributed by atoms with Crippen molar-refractivity contribution in [3.05, 3.63) is 54.2 Å². The van der Waals surface area contributed by atoms with E-state index in [1.165, 1.54) is 16.6 Å². The summed E-state index contributed by atoms with van der Waals surface area (Å²) in [7, 11) is -1.89. The Bertz CT molecular complexity index is 1080. The maximum atomic E-state index is 12.8. The van der Waals surface area contributed by atoms with Gasteiger partial charge in [-0.3, -0.25) is 4.79 Å². The van der Waals surface area contributed by atoms with Crippen LogP contribution in [0.5, 0.6) is 0 Å². The van der Waals surface area contributed by atoms with Crippen LogP contribution in [0, 0.1) is 0 Å². The zero-order valence-corrected chi connectivity index (χ0v) is 16.5. The van der Waals surface area contributed by atoms with Gasteiger partial charge in [-0.15, -0.1) is 0 Å². The molecule has 28 heavy (non-hydrogen) atoms. The number of aromatic nitrogens is 3. The number of rotatable bonds is 5. The first-order valence-corrected chi connectivity index (χ1v) is 10.8. The van der Waals surface area contributed by atoms with Crippen molar-refractivity contribution in [1.29, 1.82) is 0 Å². The highest BCUT2D eigenvalue weighted by Crippen LogP contribution is 2.22. The number of carbonyl (C=O) groups is 1. The number of hydrogen-bond acceptors (Lipinski definition) is 4. The Balaban J connectivity index is 1.48. The molecule has 4 heterocycles. The van der Waals surface area contributed by atoms with E-state index in [4.69, 9.17) is 0 Å². The zero-order valence-electron chi connectivity index (χ0n) is 15.7. The molecular weight excluding hydrogens is 378 g/mol. The second kappa shape index (κ2) is 7.40. The van der Waals surface area contributed by atoms with Crippen LogP contribution in [-0.4, -0.2) is 45.7 Å². The third-order valence-electron chi connectivity index (χ3n) is 5.01. The Kier molecular flexibility index (Phi) is 4.94. The van der Waals surface area contributed by atoms with Gasteiger partial charge in [-0.25, -0.2) is 13.4 Å². The van der Waals surface area contributed by atoms with Crippen LogP contribution < -0.4 is 5.32 Å². The van der Waals surface area contributed by atoms with E-state index in [9.17, 15) is 13.2 Å². The molecule has 0 radical (unpaired) electrons. The molecular formula is C19H23N5O3S. The fraction of sp³-hybridized carbons (Fsp3) is 0.368. The highest BCUT2D eigenvalue weighted by molar-refractivity contribution is 7.89. The molecule has 0 bridgehead atoms. The van der Waals surface area contributed by atoms with E-state index in [1.807, 2.05) is 35.0 Å². The van der Waals surface area contributed by atoms with E-state index in [2.05, 4.69) is 10.3 Å². The van der Waals surface area contributed by atoms with Crippen molar-refractivity contribution in [2.45, 2.75) is 30.7 Å². The first-order chi connectivity index (χ1) is 13.4. The van der Waals surface area contributed by atoms with Crippen LogP contribution in [0.2, 0.25) is 0 Å². The Labute approximate surface area is 163 Å². The Hall–Kier alpha value is -2.65. The van der Waals surface area contributed by atoms with E-state index < -0.39 is 10.0 Å². The molecule has 0 aliphatic carbocycles. The summed E-state index contributed by atoms with van der Waals surface area (Å²) in [4.78, 5) is 17.2. The third-order valence-corrected chi connectivity index (χ3v) is 6.87. The summed E-state index contributed by atoms with van der Waals surface area (Å²) in [6.07, 6.45) is 8.05. The van der Waals surface area contributed by atoms with Crippen molar-refractivity contribution in [2.24, 2.45) is 7.05 Å². The fourth-order valence-corrected chi connectivity index (χ4v) is 5.08. The van der Waals surface area contributed by atoms with E-state index in [0.717, 1.165) is 30.6 Å². The topological polar surface area (TPSA) is 88.7 Å². The number of nitrogens with zero attached hydrogens (tertiary/aromatic N) is 4. The van der Waals surface area contributed by atoms with Crippen LogP contribution in [0.15, 0.2) is 47.8 Å². The second-order valence-corrected chi connectivity index (χ2v) is 8.96. The molecule has 0 unspecified atom stereocenters. The second-order valence-electron chi connectivity index (χ2n) is 7.02. The van der Waals surface area contributed by atoms with Gasteiger partial charge in [0.1, 0.15) is 16.2 Å². The summed E-state index contributed by atoms with van der Waals surface area (Å²) in [5, 5.41) is 2.82. The number of carbonyl (C=O) groups excluding carboxylic acids is 1. The number of amides is 1. The molecule has 1 N–H and O–H groups in total. The molecule has 3 aromatic rings.